The van der Waals surface area contributed by atoms with Crippen molar-refractivity contribution in [2.45, 2.75) is 6.92 Å². The van der Waals surface area contributed by atoms with Crippen molar-refractivity contribution in [3.63, 3.8) is 0 Å². The summed E-state index contributed by atoms with van der Waals surface area (Å²) >= 11 is 7.52. The van der Waals surface area contributed by atoms with Crippen molar-refractivity contribution in [2.75, 3.05) is 0 Å². The maximum Gasteiger partial charge on any atom is 1.00 e. The summed E-state index contributed by atoms with van der Waals surface area (Å²) in [5.41, 5.74) is 8.57. The Bertz CT molecular complexity index is 129. The molecule has 6 nitrogen and oxygen atoms in total. The zero-order chi connectivity index (χ0) is 10.7. The number of amides is 2. The fourth-order valence-electron chi connectivity index (χ4n) is 0. The van der Waals surface area contributed by atoms with Crippen LogP contribution in [0.2, 0.25) is 0 Å². The normalized spacial score (nSPS) is 5.21. The van der Waals surface area contributed by atoms with Gasteiger partial charge in [-0.25, -0.2) is 0 Å². The van der Waals surface area contributed by atoms with Crippen molar-refractivity contribution in [1.29, 1.82) is 0 Å². The van der Waals surface area contributed by atoms with Crippen molar-refractivity contribution >= 4 is 41.7 Å². The van der Waals surface area contributed by atoms with Gasteiger partial charge in [-0.2, -0.15) is 0 Å². The average Bonchev–Trinajstić information content (AvgIpc) is 1.54. The fraction of sp³-hybridized carbons (Fsp3) is 0.250. The molecule has 0 heterocycles. The summed E-state index contributed by atoms with van der Waals surface area (Å²) in [5.74, 6) is -0.833. The minimum absolute atomic E-state index is 0. The maximum atomic E-state index is 9.04. The molecule has 0 atom stereocenters. The van der Waals surface area contributed by atoms with E-state index in [1.54, 1.807) is 0 Å². The molecule has 10 heteroatoms. The molecule has 0 aromatic rings. The third kappa shape index (κ3) is 732000. The number of primary amides is 2. The molecule has 72 valence electrons. The van der Waals surface area contributed by atoms with E-state index < -0.39 is 16.4 Å². The van der Waals surface area contributed by atoms with E-state index in [1.807, 2.05) is 0 Å². The average molecular weight is 226 g/mol. The van der Waals surface area contributed by atoms with Gasteiger partial charge in [-0.05, 0) is 0 Å². The molecule has 5 N–H and O–H groups in total. The molecule has 0 radical (unpaired) electrons. The Hall–Kier alpha value is 0.0448. The van der Waals surface area contributed by atoms with Crippen molar-refractivity contribution in [2.24, 2.45) is 11.5 Å². The number of hydrogen-bond donors (Lipinski definition) is 3. The molecular weight excluding hydrogens is 218 g/mol. The molecule has 0 aliphatic carbocycles. The van der Waals surface area contributed by atoms with Gasteiger partial charge >= 0.3 is 37.7 Å². The van der Waals surface area contributed by atoms with E-state index in [0.29, 0.717) is 0 Å². The quantitative estimate of drug-likeness (QED) is 0.278. The molecule has 0 spiro atoms. The zero-order valence-corrected chi connectivity index (χ0v) is 9.78. The van der Waals surface area contributed by atoms with E-state index in [1.165, 1.54) is 0 Å². The van der Waals surface area contributed by atoms with Crippen LogP contribution in [-0.4, -0.2) is 21.6 Å². The standard InChI is InChI=1S/C2H4O2.2CH3NOS.2Li/c1-2(3)4;2*2-1(3)4;;/h1H3,(H,3,4);2*(H3,2,3,4);;/q;;;2*+1/p-2. The van der Waals surface area contributed by atoms with Gasteiger partial charge in [0.15, 0.2) is 0 Å². The van der Waals surface area contributed by atoms with Crippen LogP contribution in [0.15, 0.2) is 0 Å². The second kappa shape index (κ2) is 23.1. The molecule has 0 aliphatic heterocycles. The Kier molecular flexibility index (Phi) is 48.3. The van der Waals surface area contributed by atoms with Crippen LogP contribution in [0.5, 0.6) is 0 Å². The van der Waals surface area contributed by atoms with E-state index in [0.717, 1.165) is 6.92 Å². The van der Waals surface area contributed by atoms with Crippen LogP contribution in [0.1, 0.15) is 6.92 Å². The summed E-state index contributed by atoms with van der Waals surface area (Å²) in [6.07, 6.45) is 0. The van der Waals surface area contributed by atoms with E-state index in [9.17, 15) is 0 Å². The predicted octanol–water partition coefficient (Wildman–Crippen LogP) is -6.68. The molecule has 0 bridgehead atoms. The third-order valence-corrected chi connectivity index (χ3v) is 0. The molecule has 0 aromatic heterocycles. The Morgan fingerprint density at radius 3 is 1.00 bits per heavy atom. The molecule has 0 fully saturated rings. The molecule has 14 heavy (non-hydrogen) atoms. The summed E-state index contributed by atoms with van der Waals surface area (Å²) < 4.78 is 0. The molecule has 0 saturated heterocycles. The van der Waals surface area contributed by atoms with Crippen molar-refractivity contribution in [3.05, 3.63) is 0 Å². The largest absolute Gasteiger partial charge is 1.00 e. The number of carboxylic acids is 1. The number of aliphatic carboxylic acids is 1. The summed E-state index contributed by atoms with van der Waals surface area (Å²) in [6, 6.07) is 0. The third-order valence-electron chi connectivity index (χ3n) is 0. The Morgan fingerprint density at radius 2 is 1.00 bits per heavy atom. The van der Waals surface area contributed by atoms with Crippen molar-refractivity contribution in [3.8, 4) is 0 Å². The zero-order valence-electron chi connectivity index (χ0n) is 8.14. The van der Waals surface area contributed by atoms with Crippen molar-refractivity contribution < 1.29 is 57.2 Å². The van der Waals surface area contributed by atoms with Crippen LogP contribution in [0.25, 0.3) is 0 Å². The van der Waals surface area contributed by atoms with E-state index >= 15 is 0 Å². The Labute approximate surface area is 117 Å². The SMILES string of the molecule is CC(=O)O.NC(=O)[S-].NC(=O)[S-].[Li+].[Li+]. The van der Waals surface area contributed by atoms with Gasteiger partial charge in [0.05, 0.1) is 10.5 Å². The van der Waals surface area contributed by atoms with Crippen LogP contribution < -0.4 is 49.2 Å². The van der Waals surface area contributed by atoms with Crippen molar-refractivity contribution in [1.82, 2.24) is 0 Å². The number of carbonyl (C=O) groups is 3. The second-order valence-corrected chi connectivity index (χ2v) is 1.96. The minimum Gasteiger partial charge on any atom is -0.719 e. The van der Waals surface area contributed by atoms with E-state index in [2.05, 4.69) is 36.7 Å². The van der Waals surface area contributed by atoms with Gasteiger partial charge in [-0.1, -0.05) is 0 Å². The second-order valence-electron chi connectivity index (χ2n) is 1.16. The van der Waals surface area contributed by atoms with Crippen LogP contribution in [0, 0.1) is 0 Å². The van der Waals surface area contributed by atoms with Crippen LogP contribution in [-0.2, 0) is 30.1 Å². The van der Waals surface area contributed by atoms with Gasteiger partial charge in [0.25, 0.3) is 5.97 Å². The summed E-state index contributed by atoms with van der Waals surface area (Å²) in [5, 5.41) is 5.92. The van der Waals surface area contributed by atoms with Gasteiger partial charge < -0.3 is 51.4 Å². The number of rotatable bonds is 0. The number of nitrogens with two attached hydrogens (primary N) is 2. The summed E-state index contributed by atoms with van der Waals surface area (Å²) in [6.45, 7) is 1.08. The first-order valence-electron chi connectivity index (χ1n) is 2.32. The molecule has 0 aliphatic rings. The monoisotopic (exact) mass is 226 g/mol. The van der Waals surface area contributed by atoms with Crippen LogP contribution in [0.4, 0.5) is 9.59 Å². The minimum atomic E-state index is -0.833. The topological polar surface area (TPSA) is 123 Å². The summed E-state index contributed by atoms with van der Waals surface area (Å²) in [4.78, 5) is 27.1. The molecular formula is C4H8Li2N2O4S2. The molecule has 0 rings (SSSR count). The maximum absolute atomic E-state index is 9.04. The van der Waals surface area contributed by atoms with E-state index in [4.69, 9.17) is 19.5 Å². The van der Waals surface area contributed by atoms with Gasteiger partial charge in [-0.3, -0.25) is 4.79 Å². The van der Waals surface area contributed by atoms with Gasteiger partial charge in [-0.15, -0.1) is 0 Å². The predicted molar refractivity (Wildman–Crippen MR) is 47.2 cm³/mol. The van der Waals surface area contributed by atoms with Crippen LogP contribution >= 0.6 is 0 Å². The first-order valence-corrected chi connectivity index (χ1v) is 3.14. The molecule has 0 aromatic carbocycles. The molecule has 0 unspecified atom stereocenters. The number of carboxylic acid groups (broad SMARTS) is 1. The number of hydrogen-bond acceptors (Lipinski definition) is 5. The van der Waals surface area contributed by atoms with Gasteiger partial charge in [0.2, 0.25) is 0 Å². The Morgan fingerprint density at radius 1 is 1.00 bits per heavy atom. The first-order chi connectivity index (χ1) is 5.20. The van der Waals surface area contributed by atoms with Gasteiger partial charge in [0.1, 0.15) is 0 Å². The number of carbonyl (C=O) groups excluding carboxylic acids is 2. The van der Waals surface area contributed by atoms with Gasteiger partial charge in [0, 0.05) is 6.92 Å². The molecule has 2 amide bonds. The van der Waals surface area contributed by atoms with E-state index in [-0.39, 0.29) is 37.7 Å². The van der Waals surface area contributed by atoms with Crippen LogP contribution in [0.3, 0.4) is 0 Å². The molecule has 0 saturated carbocycles. The smallest absolute Gasteiger partial charge is 0.719 e. The fourth-order valence-corrected chi connectivity index (χ4v) is 0. The summed E-state index contributed by atoms with van der Waals surface area (Å²) in [7, 11) is 0. The first kappa shape index (κ1) is 29.2. The Balaban J connectivity index is -0.0000000270.